The van der Waals surface area contributed by atoms with Crippen molar-refractivity contribution in [1.29, 1.82) is 0 Å². The Balaban J connectivity index is 1.44. The molecule has 5 saturated heterocycles. The van der Waals surface area contributed by atoms with E-state index < -0.39 is 174 Å². The molecule has 0 aromatic rings. The van der Waals surface area contributed by atoms with Crippen LogP contribution in [0.4, 0.5) is 0 Å². The van der Waals surface area contributed by atoms with Crippen molar-refractivity contribution in [1.82, 2.24) is 0 Å². The molecule has 25 heteroatoms. The third-order valence-electron chi connectivity index (χ3n) is 9.54. The summed E-state index contributed by atoms with van der Waals surface area (Å²) in [5, 5.41) is 153. The van der Waals surface area contributed by atoms with E-state index in [0.717, 1.165) is 0 Å². The number of carboxylic acid groups (broad SMARTS) is 1. The van der Waals surface area contributed by atoms with Gasteiger partial charge in [0.25, 0.3) is 0 Å². The van der Waals surface area contributed by atoms with Crippen LogP contribution in [0.5, 0.6) is 0 Å². The quantitative estimate of drug-likeness (QED) is 0.0824. The predicted molar refractivity (Wildman–Crippen MR) is 155 cm³/mol. The normalized spacial score (nSPS) is 52.2. The van der Waals surface area contributed by atoms with Crippen molar-refractivity contribution in [2.24, 2.45) is 0 Å². The Labute approximate surface area is 298 Å². The Morgan fingerprint density at radius 2 is 0.868 bits per heavy atom. The molecule has 15 N–H and O–H groups in total. The summed E-state index contributed by atoms with van der Waals surface area (Å²) in [5.74, 6) is -1.74. The second-order valence-corrected chi connectivity index (χ2v) is 13.1. The first-order chi connectivity index (χ1) is 25.0. The van der Waals surface area contributed by atoms with Crippen LogP contribution in [-0.2, 0) is 47.4 Å². The van der Waals surface area contributed by atoms with Crippen molar-refractivity contribution in [2.45, 2.75) is 141 Å². The van der Waals surface area contributed by atoms with E-state index in [1.54, 1.807) is 0 Å². The second-order valence-electron chi connectivity index (χ2n) is 13.1. The van der Waals surface area contributed by atoms with Crippen LogP contribution in [0.3, 0.4) is 0 Å². The number of hydrogen-bond donors (Lipinski definition) is 15. The van der Waals surface area contributed by atoms with Crippen molar-refractivity contribution in [3.63, 3.8) is 0 Å². The summed E-state index contributed by atoms with van der Waals surface area (Å²) in [6, 6.07) is 0. The van der Waals surface area contributed by atoms with Crippen molar-refractivity contribution in [2.75, 3.05) is 26.4 Å². The molecule has 5 heterocycles. The summed E-state index contributed by atoms with van der Waals surface area (Å²) in [4.78, 5) is 11.6. The third-order valence-corrected chi connectivity index (χ3v) is 9.54. The molecule has 0 amide bonds. The van der Waals surface area contributed by atoms with Gasteiger partial charge in [0.05, 0.1) is 26.4 Å². The zero-order valence-corrected chi connectivity index (χ0v) is 27.4. The summed E-state index contributed by atoms with van der Waals surface area (Å²) < 4.78 is 49.7. The van der Waals surface area contributed by atoms with Gasteiger partial charge in [0.15, 0.2) is 37.6 Å². The SMILES string of the molecule is O=C(O)[C@H]1O[C@@H](OC[C@H]2O[C@@H](OC[C@H]3O[C@@H](O)[C@H](O)[C@@H](O)[C@H]3O)[C@H](O)[C@@H](O[C@@H]3O[C@@H](CO)[C@H](O)[C@H]3O)[C@H]2O[C@@H]2O[C@@H](CO)[C@H](O)[C@H]2O)[C@H](O)[C@@H](O)[C@@H]1O. The first kappa shape index (κ1) is 42.7. The molecular formula is C28H46O25. The van der Waals surface area contributed by atoms with Crippen LogP contribution in [0.2, 0.25) is 0 Å². The van der Waals surface area contributed by atoms with E-state index in [1.807, 2.05) is 0 Å². The van der Waals surface area contributed by atoms with Crippen molar-refractivity contribution < 1.29 is 124 Å². The van der Waals surface area contributed by atoms with E-state index in [2.05, 4.69) is 0 Å². The number of rotatable bonds is 13. The topological polar surface area (TPSA) is 404 Å². The molecule has 0 bridgehead atoms. The maximum atomic E-state index is 11.6. The summed E-state index contributed by atoms with van der Waals surface area (Å²) >= 11 is 0. The zero-order valence-electron chi connectivity index (χ0n) is 27.4. The highest BCUT2D eigenvalue weighted by atomic mass is 16.8. The monoisotopic (exact) mass is 782 g/mol. The van der Waals surface area contributed by atoms with Crippen molar-refractivity contribution in [3.05, 3.63) is 0 Å². The molecule has 0 aliphatic carbocycles. The molecule has 0 unspecified atom stereocenters. The number of ether oxygens (including phenoxy) is 9. The first-order valence-corrected chi connectivity index (χ1v) is 16.4. The standard InChI is InChI=1S/C28H46O25/c29-1-5-9(31)16(38)27(48-5)51-20-8(4-46-25-18(40)13(35)14(36)22(53-25)23(42)43)50-26(45-3-7-11(33)12(34)15(37)24(44)47-7)19(41)21(20)52-28-17(39)10(32)6(2-30)49-28/h5-22,24-41,44H,1-4H2,(H,42,43)/t5-,6-,7+,8+,9-,10-,11-,12-,13-,14-,15+,16+,17+,18+,19+,20-,21+,22-,24+,25+,26+,27-,28-/m0/s1. The fourth-order valence-electron chi connectivity index (χ4n) is 6.39. The van der Waals surface area contributed by atoms with Gasteiger partial charge in [0.1, 0.15) is 104 Å². The minimum atomic E-state index is -2.10. The number of aliphatic carboxylic acids is 1. The number of carboxylic acids is 1. The van der Waals surface area contributed by atoms with E-state index >= 15 is 0 Å². The van der Waals surface area contributed by atoms with Crippen LogP contribution in [0.25, 0.3) is 0 Å². The molecule has 0 aromatic carbocycles. The minimum absolute atomic E-state index is 0.785. The summed E-state index contributed by atoms with van der Waals surface area (Å²) in [6.45, 7) is -3.26. The molecular weight excluding hydrogens is 736 g/mol. The fourth-order valence-corrected chi connectivity index (χ4v) is 6.39. The minimum Gasteiger partial charge on any atom is -0.479 e. The number of aliphatic hydroxyl groups excluding tert-OH is 14. The summed E-state index contributed by atoms with van der Waals surface area (Å²) in [7, 11) is 0. The van der Waals surface area contributed by atoms with Crippen LogP contribution >= 0.6 is 0 Å². The van der Waals surface area contributed by atoms with Crippen molar-refractivity contribution >= 4 is 5.97 Å². The molecule has 23 atom stereocenters. The smallest absolute Gasteiger partial charge is 0.335 e. The maximum Gasteiger partial charge on any atom is 0.335 e. The number of carbonyl (C=O) groups is 1. The van der Waals surface area contributed by atoms with Gasteiger partial charge < -0.3 is 119 Å². The molecule has 0 spiro atoms. The van der Waals surface area contributed by atoms with Crippen LogP contribution in [0.15, 0.2) is 0 Å². The lowest BCUT2D eigenvalue weighted by atomic mass is 9.97. The predicted octanol–water partition coefficient (Wildman–Crippen LogP) is -10.6. The lowest BCUT2D eigenvalue weighted by Gasteiger charge is -2.46. The van der Waals surface area contributed by atoms with Crippen LogP contribution in [-0.4, -0.2) is 250 Å². The molecule has 0 saturated carbocycles. The van der Waals surface area contributed by atoms with E-state index in [9.17, 15) is 81.4 Å². The number of hydrogen-bond acceptors (Lipinski definition) is 24. The van der Waals surface area contributed by atoms with Crippen LogP contribution in [0, 0.1) is 0 Å². The van der Waals surface area contributed by atoms with Gasteiger partial charge in [0.2, 0.25) is 0 Å². The third kappa shape index (κ3) is 8.77. The van der Waals surface area contributed by atoms with E-state index in [-0.39, 0.29) is 0 Å². The fraction of sp³-hybridized carbons (Fsp3) is 0.964. The zero-order chi connectivity index (χ0) is 39.0. The highest BCUT2D eigenvalue weighted by Crippen LogP contribution is 2.35. The van der Waals surface area contributed by atoms with Crippen LogP contribution < -0.4 is 0 Å². The molecule has 5 fully saturated rings. The first-order valence-electron chi connectivity index (χ1n) is 16.4. The van der Waals surface area contributed by atoms with Gasteiger partial charge in [-0.25, -0.2) is 4.79 Å². The lowest BCUT2D eigenvalue weighted by molar-refractivity contribution is -0.368. The average Bonchev–Trinajstić information content (AvgIpc) is 3.56. The van der Waals surface area contributed by atoms with Gasteiger partial charge >= 0.3 is 5.97 Å². The molecule has 25 nitrogen and oxygen atoms in total. The van der Waals surface area contributed by atoms with E-state index in [1.165, 1.54) is 0 Å². The average molecular weight is 783 g/mol. The molecule has 308 valence electrons. The van der Waals surface area contributed by atoms with Gasteiger partial charge in [-0.3, -0.25) is 0 Å². The Morgan fingerprint density at radius 1 is 0.434 bits per heavy atom. The molecule has 5 rings (SSSR count). The van der Waals surface area contributed by atoms with E-state index in [4.69, 9.17) is 42.6 Å². The number of aliphatic hydroxyl groups is 14. The Morgan fingerprint density at radius 3 is 1.38 bits per heavy atom. The van der Waals surface area contributed by atoms with E-state index in [0.29, 0.717) is 0 Å². The summed E-state index contributed by atoms with van der Waals surface area (Å²) in [5.41, 5.74) is 0. The Kier molecular flexibility index (Phi) is 14.3. The van der Waals surface area contributed by atoms with Crippen LogP contribution in [0.1, 0.15) is 0 Å². The largest absolute Gasteiger partial charge is 0.479 e. The maximum absolute atomic E-state index is 11.6. The Hall–Kier alpha value is -1.45. The van der Waals surface area contributed by atoms with Crippen molar-refractivity contribution in [3.8, 4) is 0 Å². The second kappa shape index (κ2) is 17.8. The lowest BCUT2D eigenvalue weighted by Crippen LogP contribution is -2.65. The molecule has 5 aliphatic rings. The Bertz CT molecular complexity index is 1190. The van der Waals surface area contributed by atoms with Gasteiger partial charge in [-0.1, -0.05) is 0 Å². The molecule has 53 heavy (non-hydrogen) atoms. The van der Waals surface area contributed by atoms with Gasteiger partial charge in [-0.05, 0) is 0 Å². The summed E-state index contributed by atoms with van der Waals surface area (Å²) in [6.07, 6.45) is -42.5. The van der Waals surface area contributed by atoms with Gasteiger partial charge in [-0.15, -0.1) is 0 Å². The van der Waals surface area contributed by atoms with Gasteiger partial charge in [-0.2, -0.15) is 0 Å². The highest BCUT2D eigenvalue weighted by molar-refractivity contribution is 5.73. The highest BCUT2D eigenvalue weighted by Gasteiger charge is 2.56. The van der Waals surface area contributed by atoms with Gasteiger partial charge in [0, 0.05) is 0 Å². The molecule has 0 radical (unpaired) electrons. The molecule has 0 aromatic heterocycles. The molecule has 5 aliphatic heterocycles.